The number of hydrogen-bond acceptors (Lipinski definition) is 4. The second-order valence-electron chi connectivity index (χ2n) is 4.10. The van der Waals surface area contributed by atoms with Gasteiger partial charge in [0.2, 0.25) is 0 Å². The Balaban J connectivity index is 2.79. The number of ether oxygens (including phenoxy) is 1. The largest absolute Gasteiger partial charge is 0.493 e. The smallest absolute Gasteiger partial charge is 0.169 e. The number of nitrogens with zero attached hydrogens (tertiary/aromatic N) is 1. The topological polar surface area (TPSA) is 60.2 Å². The van der Waals surface area contributed by atoms with Crippen molar-refractivity contribution in [3.05, 3.63) is 18.3 Å². The molecule has 1 aromatic heterocycles. The minimum Gasteiger partial charge on any atom is -0.493 e. The van der Waals surface area contributed by atoms with Gasteiger partial charge in [-0.1, -0.05) is 0 Å². The monoisotopic (exact) mass is 209 g/mol. The number of methoxy groups -OCH3 is 1. The van der Waals surface area contributed by atoms with Gasteiger partial charge >= 0.3 is 0 Å². The zero-order chi connectivity index (χ0) is 11.3. The van der Waals surface area contributed by atoms with Gasteiger partial charge in [0.15, 0.2) is 11.6 Å². The fourth-order valence-electron chi connectivity index (χ4n) is 1.39. The van der Waals surface area contributed by atoms with Gasteiger partial charge in [-0.25, -0.2) is 4.98 Å². The molecule has 0 amide bonds. The molecule has 0 spiro atoms. The van der Waals surface area contributed by atoms with Crippen molar-refractivity contribution >= 4 is 5.82 Å². The Kier molecular flexibility index (Phi) is 3.91. The van der Waals surface area contributed by atoms with Gasteiger partial charge in [0.1, 0.15) is 0 Å². The quantitative estimate of drug-likeness (QED) is 0.773. The fraction of sp³-hybridized carbons (Fsp3) is 0.545. The Bertz CT molecular complexity index is 312. The van der Waals surface area contributed by atoms with Gasteiger partial charge in [0, 0.05) is 11.7 Å². The maximum absolute atomic E-state index is 5.55. The van der Waals surface area contributed by atoms with Crippen molar-refractivity contribution < 1.29 is 4.74 Å². The lowest BCUT2D eigenvalue weighted by Gasteiger charge is -2.27. The predicted molar refractivity (Wildman–Crippen MR) is 62.2 cm³/mol. The van der Waals surface area contributed by atoms with E-state index in [1.54, 1.807) is 13.3 Å². The summed E-state index contributed by atoms with van der Waals surface area (Å²) in [6.07, 6.45) is 2.62. The van der Waals surface area contributed by atoms with Crippen molar-refractivity contribution in [3.8, 4) is 5.75 Å². The molecule has 4 nitrogen and oxygen atoms in total. The molecule has 1 heterocycles. The van der Waals surface area contributed by atoms with Gasteiger partial charge in [-0.2, -0.15) is 0 Å². The molecule has 0 saturated carbocycles. The number of pyridine rings is 1. The average Bonchev–Trinajstić information content (AvgIpc) is 2.17. The highest BCUT2D eigenvalue weighted by Gasteiger charge is 2.18. The molecule has 3 N–H and O–H groups in total. The average molecular weight is 209 g/mol. The molecule has 0 fully saturated rings. The number of hydrogen-bond donors (Lipinski definition) is 2. The molecule has 4 heteroatoms. The molecule has 0 aliphatic heterocycles. The van der Waals surface area contributed by atoms with Crippen LogP contribution in [0.3, 0.4) is 0 Å². The lowest BCUT2D eigenvalue weighted by atomic mass is 10.0. The molecule has 1 aromatic rings. The van der Waals surface area contributed by atoms with E-state index in [1.165, 1.54) is 0 Å². The Morgan fingerprint density at radius 2 is 2.27 bits per heavy atom. The summed E-state index contributed by atoms with van der Waals surface area (Å²) in [5.74, 6) is 1.51. The molecule has 0 atom stereocenters. The lowest BCUT2D eigenvalue weighted by Crippen LogP contribution is -2.33. The van der Waals surface area contributed by atoms with Crippen molar-refractivity contribution in [2.75, 3.05) is 19.0 Å². The van der Waals surface area contributed by atoms with E-state index in [4.69, 9.17) is 10.5 Å². The van der Waals surface area contributed by atoms with E-state index in [0.717, 1.165) is 18.0 Å². The number of nitrogens with two attached hydrogens (primary N) is 1. The lowest BCUT2D eigenvalue weighted by molar-refractivity contribution is 0.411. The molecule has 0 saturated heterocycles. The van der Waals surface area contributed by atoms with Crippen LogP contribution in [0.1, 0.15) is 20.3 Å². The van der Waals surface area contributed by atoms with Crippen molar-refractivity contribution in [1.82, 2.24) is 4.98 Å². The van der Waals surface area contributed by atoms with Crippen LogP contribution in [-0.4, -0.2) is 24.2 Å². The third kappa shape index (κ3) is 3.40. The predicted octanol–water partition coefficient (Wildman–Crippen LogP) is 1.63. The van der Waals surface area contributed by atoms with E-state index >= 15 is 0 Å². The van der Waals surface area contributed by atoms with Crippen LogP contribution in [0.4, 0.5) is 5.82 Å². The maximum atomic E-state index is 5.55. The molecular formula is C11H19N3O. The maximum Gasteiger partial charge on any atom is 0.169 e. The summed E-state index contributed by atoms with van der Waals surface area (Å²) in [7, 11) is 1.64. The Morgan fingerprint density at radius 1 is 1.53 bits per heavy atom. The van der Waals surface area contributed by atoms with Crippen LogP contribution in [-0.2, 0) is 0 Å². The third-order valence-corrected chi connectivity index (χ3v) is 2.22. The summed E-state index contributed by atoms with van der Waals surface area (Å²) in [5.41, 5.74) is 5.47. The van der Waals surface area contributed by atoms with Crippen LogP contribution in [0, 0.1) is 0 Å². The second kappa shape index (κ2) is 4.98. The minimum absolute atomic E-state index is 0.0730. The van der Waals surface area contributed by atoms with E-state index in [1.807, 2.05) is 12.1 Å². The fourth-order valence-corrected chi connectivity index (χ4v) is 1.39. The SMILES string of the molecule is COc1cccnc1NC(C)(C)CCN. The summed E-state index contributed by atoms with van der Waals surface area (Å²) in [5, 5.41) is 3.32. The van der Waals surface area contributed by atoms with Gasteiger partial charge < -0.3 is 15.8 Å². The van der Waals surface area contributed by atoms with Gasteiger partial charge in [0.25, 0.3) is 0 Å². The van der Waals surface area contributed by atoms with E-state index in [9.17, 15) is 0 Å². The molecule has 0 aromatic carbocycles. The first-order chi connectivity index (χ1) is 7.09. The Labute approximate surface area is 90.8 Å². The van der Waals surface area contributed by atoms with Crippen LogP contribution >= 0.6 is 0 Å². The number of aromatic nitrogens is 1. The highest BCUT2D eigenvalue weighted by molar-refractivity contribution is 5.50. The summed E-state index contributed by atoms with van der Waals surface area (Å²) < 4.78 is 5.21. The van der Waals surface area contributed by atoms with Gasteiger partial charge in [-0.05, 0) is 38.9 Å². The van der Waals surface area contributed by atoms with Gasteiger partial charge in [-0.3, -0.25) is 0 Å². The van der Waals surface area contributed by atoms with Crippen molar-refractivity contribution in [2.24, 2.45) is 5.73 Å². The van der Waals surface area contributed by atoms with Crippen LogP contribution in [0.25, 0.3) is 0 Å². The van der Waals surface area contributed by atoms with Crippen LogP contribution in [0.2, 0.25) is 0 Å². The molecule has 84 valence electrons. The number of anilines is 1. The minimum atomic E-state index is -0.0730. The molecule has 0 aliphatic carbocycles. The molecule has 0 unspecified atom stereocenters. The summed E-state index contributed by atoms with van der Waals surface area (Å²) >= 11 is 0. The normalized spacial score (nSPS) is 11.2. The summed E-state index contributed by atoms with van der Waals surface area (Å²) in [6.45, 7) is 4.83. The van der Waals surface area contributed by atoms with Crippen LogP contribution in [0.5, 0.6) is 5.75 Å². The Morgan fingerprint density at radius 3 is 2.87 bits per heavy atom. The first-order valence-corrected chi connectivity index (χ1v) is 5.06. The molecule has 0 radical (unpaired) electrons. The van der Waals surface area contributed by atoms with Gasteiger partial charge in [0.05, 0.1) is 7.11 Å². The van der Waals surface area contributed by atoms with E-state index in [2.05, 4.69) is 24.1 Å². The van der Waals surface area contributed by atoms with Crippen molar-refractivity contribution in [1.29, 1.82) is 0 Å². The van der Waals surface area contributed by atoms with E-state index < -0.39 is 0 Å². The third-order valence-electron chi connectivity index (χ3n) is 2.22. The molecule has 0 aliphatic rings. The summed E-state index contributed by atoms with van der Waals surface area (Å²) in [6, 6.07) is 3.73. The van der Waals surface area contributed by atoms with E-state index in [-0.39, 0.29) is 5.54 Å². The molecule has 0 bridgehead atoms. The highest BCUT2D eigenvalue weighted by Crippen LogP contribution is 2.24. The zero-order valence-electron chi connectivity index (χ0n) is 9.58. The van der Waals surface area contributed by atoms with Crippen LogP contribution < -0.4 is 15.8 Å². The Hall–Kier alpha value is -1.29. The highest BCUT2D eigenvalue weighted by atomic mass is 16.5. The second-order valence-corrected chi connectivity index (χ2v) is 4.10. The zero-order valence-corrected chi connectivity index (χ0v) is 9.58. The summed E-state index contributed by atoms with van der Waals surface area (Å²) in [4.78, 5) is 4.24. The first-order valence-electron chi connectivity index (χ1n) is 5.06. The standard InChI is InChI=1S/C11H19N3O/c1-11(2,6-7-12)14-10-9(15-3)5-4-8-13-10/h4-5,8H,6-7,12H2,1-3H3,(H,13,14). The number of nitrogens with one attached hydrogen (secondary N) is 1. The molecule has 15 heavy (non-hydrogen) atoms. The molecule has 1 rings (SSSR count). The van der Waals surface area contributed by atoms with E-state index in [0.29, 0.717) is 6.54 Å². The number of rotatable bonds is 5. The first kappa shape index (κ1) is 11.8. The van der Waals surface area contributed by atoms with Crippen LogP contribution in [0.15, 0.2) is 18.3 Å². The molecular weight excluding hydrogens is 190 g/mol. The van der Waals surface area contributed by atoms with Crippen molar-refractivity contribution in [2.45, 2.75) is 25.8 Å². The van der Waals surface area contributed by atoms with Crippen molar-refractivity contribution in [3.63, 3.8) is 0 Å². The van der Waals surface area contributed by atoms with Gasteiger partial charge in [-0.15, -0.1) is 0 Å².